The Kier molecular flexibility index (Phi) is 4.34. The lowest BCUT2D eigenvalue weighted by atomic mass is 10.2. The van der Waals surface area contributed by atoms with Gasteiger partial charge in [0.05, 0.1) is 12.8 Å². The van der Waals surface area contributed by atoms with Gasteiger partial charge in [-0.3, -0.25) is 5.32 Å². The van der Waals surface area contributed by atoms with Gasteiger partial charge in [-0.2, -0.15) is 0 Å². The number of hydrogen-bond acceptors (Lipinski definition) is 4. The van der Waals surface area contributed by atoms with Crippen molar-refractivity contribution >= 4 is 27.7 Å². The first-order valence-electron chi connectivity index (χ1n) is 5.02. The molecule has 17 heavy (non-hydrogen) atoms. The number of rotatable bonds is 2. The van der Waals surface area contributed by atoms with Gasteiger partial charge in [-0.25, -0.2) is 9.78 Å². The zero-order chi connectivity index (χ0) is 13.1. The molecule has 0 atom stereocenters. The van der Waals surface area contributed by atoms with Gasteiger partial charge in [0.2, 0.25) is 0 Å². The van der Waals surface area contributed by atoms with E-state index >= 15 is 0 Å². The van der Waals surface area contributed by atoms with Crippen molar-refractivity contribution in [3.8, 4) is 5.75 Å². The molecule has 0 fully saturated rings. The van der Waals surface area contributed by atoms with Crippen molar-refractivity contribution in [3.05, 3.63) is 16.9 Å². The fraction of sp³-hybridized carbons (Fsp3) is 0.455. The van der Waals surface area contributed by atoms with Crippen LogP contribution in [0.2, 0.25) is 0 Å². The normalized spacial score (nSPS) is 10.9. The summed E-state index contributed by atoms with van der Waals surface area (Å²) in [4.78, 5) is 15.6. The van der Waals surface area contributed by atoms with E-state index in [-0.39, 0.29) is 0 Å². The molecule has 94 valence electrons. The molecule has 0 radical (unpaired) electrons. The van der Waals surface area contributed by atoms with Gasteiger partial charge < -0.3 is 9.47 Å². The number of methoxy groups -OCH3 is 1. The van der Waals surface area contributed by atoms with Crippen molar-refractivity contribution < 1.29 is 14.3 Å². The summed E-state index contributed by atoms with van der Waals surface area (Å²) in [7, 11) is 1.50. The summed E-state index contributed by atoms with van der Waals surface area (Å²) in [6, 6.07) is 1.63. The SMILES string of the molecule is COc1c(NC(=O)OC(C)(C)C)ccnc1Br. The number of halogens is 1. The maximum absolute atomic E-state index is 11.6. The molecular formula is C11H15BrN2O3. The Morgan fingerprint density at radius 3 is 2.65 bits per heavy atom. The monoisotopic (exact) mass is 302 g/mol. The smallest absolute Gasteiger partial charge is 0.412 e. The van der Waals surface area contributed by atoms with E-state index in [0.717, 1.165) is 0 Å². The van der Waals surface area contributed by atoms with Gasteiger partial charge in [0.25, 0.3) is 0 Å². The quantitative estimate of drug-likeness (QED) is 0.852. The highest BCUT2D eigenvalue weighted by molar-refractivity contribution is 9.10. The first-order valence-corrected chi connectivity index (χ1v) is 5.81. The highest BCUT2D eigenvalue weighted by Crippen LogP contribution is 2.30. The number of ether oxygens (including phenoxy) is 2. The summed E-state index contributed by atoms with van der Waals surface area (Å²) in [6.45, 7) is 5.39. The summed E-state index contributed by atoms with van der Waals surface area (Å²) in [5.74, 6) is 0.457. The second kappa shape index (κ2) is 5.35. The lowest BCUT2D eigenvalue weighted by Crippen LogP contribution is -2.27. The Labute approximate surface area is 109 Å². The van der Waals surface area contributed by atoms with E-state index in [1.807, 2.05) is 0 Å². The van der Waals surface area contributed by atoms with Gasteiger partial charge in [-0.1, -0.05) is 0 Å². The zero-order valence-corrected chi connectivity index (χ0v) is 11.8. The number of carbonyl (C=O) groups excluding carboxylic acids is 1. The molecule has 0 saturated heterocycles. The molecule has 1 rings (SSSR count). The topological polar surface area (TPSA) is 60.5 Å². The van der Waals surface area contributed by atoms with Crippen LogP contribution in [0.3, 0.4) is 0 Å². The molecule has 0 aliphatic carbocycles. The predicted molar refractivity (Wildman–Crippen MR) is 68.3 cm³/mol. The molecule has 1 aromatic rings. The average molecular weight is 303 g/mol. The third kappa shape index (κ3) is 4.22. The minimum Gasteiger partial charge on any atom is -0.492 e. The maximum Gasteiger partial charge on any atom is 0.412 e. The molecule has 0 aliphatic rings. The molecule has 1 aromatic heterocycles. The summed E-state index contributed by atoms with van der Waals surface area (Å²) in [5.41, 5.74) is -0.0367. The van der Waals surface area contributed by atoms with Crippen LogP contribution in [0.1, 0.15) is 20.8 Å². The van der Waals surface area contributed by atoms with E-state index in [1.165, 1.54) is 7.11 Å². The molecule has 0 saturated carbocycles. The number of nitrogens with one attached hydrogen (secondary N) is 1. The molecule has 0 bridgehead atoms. The molecule has 0 spiro atoms. The number of hydrogen-bond donors (Lipinski definition) is 1. The van der Waals surface area contributed by atoms with Crippen LogP contribution in [0.4, 0.5) is 10.5 Å². The highest BCUT2D eigenvalue weighted by atomic mass is 79.9. The van der Waals surface area contributed by atoms with E-state index in [2.05, 4.69) is 26.2 Å². The average Bonchev–Trinajstić information content (AvgIpc) is 2.14. The van der Waals surface area contributed by atoms with E-state index in [9.17, 15) is 4.79 Å². The molecule has 5 nitrogen and oxygen atoms in total. The second-order valence-corrected chi connectivity index (χ2v) is 5.06. The van der Waals surface area contributed by atoms with E-state index in [0.29, 0.717) is 16.0 Å². The lowest BCUT2D eigenvalue weighted by Gasteiger charge is -2.20. The highest BCUT2D eigenvalue weighted by Gasteiger charge is 2.18. The van der Waals surface area contributed by atoms with Crippen LogP contribution in [-0.4, -0.2) is 23.8 Å². The Bertz CT molecular complexity index is 416. The molecule has 1 amide bonds. The third-order valence-corrected chi connectivity index (χ3v) is 2.27. The largest absolute Gasteiger partial charge is 0.492 e. The Morgan fingerprint density at radius 2 is 2.12 bits per heavy atom. The van der Waals surface area contributed by atoms with Gasteiger partial charge >= 0.3 is 6.09 Å². The molecule has 6 heteroatoms. The van der Waals surface area contributed by atoms with Crippen LogP contribution in [0.5, 0.6) is 5.75 Å². The van der Waals surface area contributed by atoms with Crippen LogP contribution in [0.15, 0.2) is 16.9 Å². The van der Waals surface area contributed by atoms with Gasteiger partial charge in [0.15, 0.2) is 5.75 Å². The maximum atomic E-state index is 11.6. The fourth-order valence-corrected chi connectivity index (χ4v) is 1.62. The molecule has 0 aromatic carbocycles. The third-order valence-electron chi connectivity index (χ3n) is 1.70. The van der Waals surface area contributed by atoms with Crippen LogP contribution in [0, 0.1) is 0 Å². The summed E-state index contributed by atoms with van der Waals surface area (Å²) < 4.78 is 10.8. The number of amides is 1. The molecule has 1 heterocycles. The Hall–Kier alpha value is -1.30. The minimum absolute atomic E-state index is 0.457. The van der Waals surface area contributed by atoms with Crippen LogP contribution < -0.4 is 10.1 Å². The Balaban J connectivity index is 2.82. The zero-order valence-electron chi connectivity index (χ0n) is 10.2. The van der Waals surface area contributed by atoms with E-state index in [1.54, 1.807) is 33.0 Å². The molecule has 0 aliphatic heterocycles. The van der Waals surface area contributed by atoms with Gasteiger partial charge in [-0.15, -0.1) is 0 Å². The van der Waals surface area contributed by atoms with Crippen molar-refractivity contribution in [1.29, 1.82) is 0 Å². The minimum atomic E-state index is -0.540. The summed E-state index contributed by atoms with van der Waals surface area (Å²) >= 11 is 3.23. The van der Waals surface area contributed by atoms with Crippen molar-refractivity contribution in [2.24, 2.45) is 0 Å². The first kappa shape index (κ1) is 13.8. The number of pyridine rings is 1. The van der Waals surface area contributed by atoms with E-state index < -0.39 is 11.7 Å². The van der Waals surface area contributed by atoms with Gasteiger partial charge in [0.1, 0.15) is 10.2 Å². The van der Waals surface area contributed by atoms with Crippen LogP contribution in [-0.2, 0) is 4.74 Å². The van der Waals surface area contributed by atoms with Crippen molar-refractivity contribution in [1.82, 2.24) is 4.98 Å². The fourth-order valence-electron chi connectivity index (χ4n) is 1.13. The molecule has 1 N–H and O–H groups in total. The van der Waals surface area contributed by atoms with Gasteiger partial charge in [-0.05, 0) is 42.8 Å². The number of carbonyl (C=O) groups is 1. The van der Waals surface area contributed by atoms with Crippen LogP contribution in [0.25, 0.3) is 0 Å². The number of anilines is 1. The van der Waals surface area contributed by atoms with Crippen molar-refractivity contribution in [2.75, 3.05) is 12.4 Å². The summed E-state index contributed by atoms with van der Waals surface area (Å²) in [5, 5.41) is 2.60. The lowest BCUT2D eigenvalue weighted by molar-refractivity contribution is 0.0635. The summed E-state index contributed by atoms with van der Waals surface area (Å²) in [6.07, 6.45) is 1.02. The first-order chi connectivity index (χ1) is 7.83. The molecular weight excluding hydrogens is 288 g/mol. The van der Waals surface area contributed by atoms with Gasteiger partial charge in [0, 0.05) is 6.20 Å². The van der Waals surface area contributed by atoms with Crippen LogP contribution >= 0.6 is 15.9 Å². The predicted octanol–water partition coefficient (Wildman–Crippen LogP) is 3.20. The number of aromatic nitrogens is 1. The Morgan fingerprint density at radius 1 is 1.47 bits per heavy atom. The standard InChI is InChI=1S/C11H15BrN2O3/c1-11(2,3)17-10(15)14-7-5-6-13-9(12)8(7)16-4/h5-6H,1-4H3,(H,13,14,15). The number of nitrogens with zero attached hydrogens (tertiary/aromatic N) is 1. The van der Waals surface area contributed by atoms with Crippen molar-refractivity contribution in [3.63, 3.8) is 0 Å². The second-order valence-electron chi connectivity index (χ2n) is 4.31. The van der Waals surface area contributed by atoms with Crippen molar-refractivity contribution in [2.45, 2.75) is 26.4 Å². The molecule has 0 unspecified atom stereocenters. The van der Waals surface area contributed by atoms with E-state index in [4.69, 9.17) is 9.47 Å².